The van der Waals surface area contributed by atoms with Crippen molar-refractivity contribution in [1.29, 1.82) is 0 Å². The lowest BCUT2D eigenvalue weighted by molar-refractivity contribution is -0.142. The van der Waals surface area contributed by atoms with Gasteiger partial charge in [0.15, 0.2) is 0 Å². The largest absolute Gasteiger partial charge is 0.497 e. The minimum absolute atomic E-state index is 0.0667. The summed E-state index contributed by atoms with van der Waals surface area (Å²) in [7, 11) is 1.65. The molecule has 2 atom stereocenters. The fraction of sp³-hybridized carbons (Fsp3) is 0.480. The number of carbonyl (C=O) groups is 1. The van der Waals surface area contributed by atoms with Crippen LogP contribution in [0, 0.1) is 17.8 Å². The van der Waals surface area contributed by atoms with Crippen molar-refractivity contribution in [3.8, 4) is 17.2 Å². The summed E-state index contributed by atoms with van der Waals surface area (Å²) >= 11 is 0. The van der Waals surface area contributed by atoms with Crippen LogP contribution in [0.1, 0.15) is 44.1 Å². The maximum absolute atomic E-state index is 11.5. The highest BCUT2D eigenvalue weighted by Crippen LogP contribution is 2.47. The molecule has 5 nitrogen and oxygen atoms in total. The Bertz CT molecular complexity index is 852. The van der Waals surface area contributed by atoms with E-state index in [1.165, 1.54) is 0 Å². The van der Waals surface area contributed by atoms with Gasteiger partial charge in [-0.25, -0.2) is 0 Å². The zero-order valence-electron chi connectivity index (χ0n) is 17.6. The Morgan fingerprint density at radius 2 is 1.77 bits per heavy atom. The quantitative estimate of drug-likeness (QED) is 0.587. The number of benzene rings is 2. The van der Waals surface area contributed by atoms with Crippen LogP contribution in [-0.2, 0) is 4.79 Å². The van der Waals surface area contributed by atoms with E-state index in [0.29, 0.717) is 18.4 Å². The number of carboxylic acid groups (broad SMARTS) is 1. The van der Waals surface area contributed by atoms with Gasteiger partial charge >= 0.3 is 5.97 Å². The van der Waals surface area contributed by atoms with Crippen molar-refractivity contribution >= 4 is 5.97 Å². The van der Waals surface area contributed by atoms with Crippen LogP contribution < -0.4 is 14.2 Å². The van der Waals surface area contributed by atoms with Crippen molar-refractivity contribution in [3.05, 3.63) is 54.1 Å². The molecule has 5 heteroatoms. The SMILES string of the molecule is COc1ccc(OC2CC(COc3cccc(C(C4CC4)[C@H](C)C(=O)O)c3)C2)cc1. The monoisotopic (exact) mass is 410 g/mol. The number of aliphatic carboxylic acids is 1. The number of ether oxygens (including phenoxy) is 3. The van der Waals surface area contributed by atoms with Gasteiger partial charge in [-0.05, 0) is 85.4 Å². The maximum atomic E-state index is 11.5. The van der Waals surface area contributed by atoms with E-state index in [1.54, 1.807) is 7.11 Å². The van der Waals surface area contributed by atoms with E-state index in [0.717, 1.165) is 48.5 Å². The van der Waals surface area contributed by atoms with Gasteiger partial charge in [0.05, 0.1) is 25.7 Å². The molecule has 0 spiro atoms. The summed E-state index contributed by atoms with van der Waals surface area (Å²) in [5, 5.41) is 9.48. The molecular formula is C25H30O5. The lowest BCUT2D eigenvalue weighted by Gasteiger charge is -2.35. The molecule has 4 rings (SSSR count). The van der Waals surface area contributed by atoms with Gasteiger partial charge in [-0.15, -0.1) is 0 Å². The summed E-state index contributed by atoms with van der Waals surface area (Å²) in [5.74, 6) is 2.44. The molecular weight excluding hydrogens is 380 g/mol. The highest BCUT2D eigenvalue weighted by Gasteiger charge is 2.38. The molecule has 0 aliphatic heterocycles. The third kappa shape index (κ3) is 4.89. The van der Waals surface area contributed by atoms with E-state index in [2.05, 4.69) is 0 Å². The number of hydrogen-bond donors (Lipinski definition) is 1. The smallest absolute Gasteiger partial charge is 0.306 e. The summed E-state index contributed by atoms with van der Waals surface area (Å²) in [6.07, 6.45) is 4.42. The summed E-state index contributed by atoms with van der Waals surface area (Å²) in [6.45, 7) is 2.48. The first-order chi connectivity index (χ1) is 14.5. The fourth-order valence-corrected chi connectivity index (χ4v) is 4.36. The highest BCUT2D eigenvalue weighted by atomic mass is 16.5. The van der Waals surface area contributed by atoms with Crippen molar-refractivity contribution in [2.24, 2.45) is 17.8 Å². The molecule has 160 valence electrons. The Kier molecular flexibility index (Phi) is 6.16. The molecule has 1 N–H and O–H groups in total. The molecule has 1 unspecified atom stereocenters. The number of carboxylic acids is 1. The van der Waals surface area contributed by atoms with Gasteiger partial charge in [0, 0.05) is 0 Å². The lowest BCUT2D eigenvalue weighted by atomic mass is 9.82. The Morgan fingerprint density at radius 3 is 2.40 bits per heavy atom. The van der Waals surface area contributed by atoms with Crippen LogP contribution in [0.4, 0.5) is 0 Å². The van der Waals surface area contributed by atoms with E-state index < -0.39 is 5.97 Å². The lowest BCUT2D eigenvalue weighted by Crippen LogP contribution is -2.37. The molecule has 0 amide bonds. The minimum Gasteiger partial charge on any atom is -0.497 e. The third-order valence-corrected chi connectivity index (χ3v) is 6.34. The zero-order valence-corrected chi connectivity index (χ0v) is 17.6. The first kappa shape index (κ1) is 20.6. The molecule has 2 aromatic rings. The molecule has 2 fully saturated rings. The maximum Gasteiger partial charge on any atom is 0.306 e. The van der Waals surface area contributed by atoms with Crippen molar-refractivity contribution in [1.82, 2.24) is 0 Å². The molecule has 0 radical (unpaired) electrons. The Balaban J connectivity index is 1.27. The summed E-state index contributed by atoms with van der Waals surface area (Å²) in [6, 6.07) is 15.7. The highest BCUT2D eigenvalue weighted by molar-refractivity contribution is 5.71. The number of rotatable bonds is 10. The Morgan fingerprint density at radius 1 is 1.07 bits per heavy atom. The Labute approximate surface area is 178 Å². The van der Waals surface area contributed by atoms with Crippen molar-refractivity contribution in [2.75, 3.05) is 13.7 Å². The Hall–Kier alpha value is -2.69. The van der Waals surface area contributed by atoms with E-state index in [1.807, 2.05) is 55.5 Å². The van der Waals surface area contributed by atoms with Gasteiger partial charge in [0.1, 0.15) is 17.2 Å². The summed E-state index contributed by atoms with van der Waals surface area (Å²) < 4.78 is 17.2. The van der Waals surface area contributed by atoms with Gasteiger partial charge in [-0.3, -0.25) is 4.79 Å². The molecule has 0 saturated heterocycles. The summed E-state index contributed by atoms with van der Waals surface area (Å²) in [5.41, 5.74) is 1.08. The van der Waals surface area contributed by atoms with Gasteiger partial charge in [0.2, 0.25) is 0 Å². The first-order valence-electron chi connectivity index (χ1n) is 10.8. The molecule has 0 aromatic heterocycles. The van der Waals surface area contributed by atoms with Gasteiger partial charge in [-0.1, -0.05) is 19.1 Å². The average molecular weight is 411 g/mol. The normalized spacial score (nSPS) is 22.5. The predicted octanol–water partition coefficient (Wildman–Crippen LogP) is 5.15. The van der Waals surface area contributed by atoms with Crippen molar-refractivity contribution in [2.45, 2.75) is 44.6 Å². The minimum atomic E-state index is -0.726. The van der Waals surface area contributed by atoms with Crippen LogP contribution >= 0.6 is 0 Å². The van der Waals surface area contributed by atoms with Gasteiger partial charge in [-0.2, -0.15) is 0 Å². The zero-order chi connectivity index (χ0) is 21.1. The number of hydrogen-bond acceptors (Lipinski definition) is 4. The molecule has 2 aliphatic rings. The van der Waals surface area contributed by atoms with E-state index in [4.69, 9.17) is 14.2 Å². The molecule has 2 saturated carbocycles. The van der Waals surface area contributed by atoms with Crippen molar-refractivity contribution < 1.29 is 24.1 Å². The molecule has 0 bridgehead atoms. The second-order valence-electron chi connectivity index (χ2n) is 8.63. The predicted molar refractivity (Wildman–Crippen MR) is 114 cm³/mol. The first-order valence-corrected chi connectivity index (χ1v) is 10.8. The van der Waals surface area contributed by atoms with Crippen LogP contribution in [0.25, 0.3) is 0 Å². The summed E-state index contributed by atoms with van der Waals surface area (Å²) in [4.78, 5) is 11.5. The second-order valence-corrected chi connectivity index (χ2v) is 8.63. The average Bonchev–Trinajstić information content (AvgIpc) is 3.55. The third-order valence-electron chi connectivity index (χ3n) is 6.34. The van der Waals surface area contributed by atoms with Crippen LogP contribution in [0.3, 0.4) is 0 Å². The number of methoxy groups -OCH3 is 1. The molecule has 0 heterocycles. The van der Waals surface area contributed by atoms with E-state index in [9.17, 15) is 9.90 Å². The molecule has 2 aliphatic carbocycles. The van der Waals surface area contributed by atoms with Gasteiger partial charge in [0.25, 0.3) is 0 Å². The standard InChI is InChI=1S/C25H30O5/c1-16(25(26)27)24(18-6-7-18)19-4-3-5-22(14-19)29-15-17-12-23(13-17)30-21-10-8-20(28-2)9-11-21/h3-5,8-11,14,16-18,23-24H,6-7,12-13,15H2,1-2H3,(H,26,27)/t16-,17?,23?,24?/m0/s1. The topological polar surface area (TPSA) is 65.0 Å². The van der Waals surface area contributed by atoms with E-state index >= 15 is 0 Å². The molecule has 30 heavy (non-hydrogen) atoms. The van der Waals surface area contributed by atoms with Crippen LogP contribution in [-0.4, -0.2) is 30.9 Å². The van der Waals surface area contributed by atoms with Crippen LogP contribution in [0.2, 0.25) is 0 Å². The van der Waals surface area contributed by atoms with E-state index in [-0.39, 0.29) is 17.9 Å². The molecule has 2 aromatic carbocycles. The van der Waals surface area contributed by atoms with Gasteiger partial charge < -0.3 is 19.3 Å². The van der Waals surface area contributed by atoms with Crippen molar-refractivity contribution in [3.63, 3.8) is 0 Å². The van der Waals surface area contributed by atoms with Crippen LogP contribution in [0.15, 0.2) is 48.5 Å². The fourth-order valence-electron chi connectivity index (χ4n) is 4.36. The van der Waals surface area contributed by atoms with Crippen LogP contribution in [0.5, 0.6) is 17.2 Å². The second kappa shape index (κ2) is 8.99.